The molecule has 0 bridgehead atoms. The van der Waals surface area contributed by atoms with Gasteiger partial charge >= 0.3 is 0 Å². The van der Waals surface area contributed by atoms with Crippen molar-refractivity contribution in [3.63, 3.8) is 0 Å². The average Bonchev–Trinajstić information content (AvgIpc) is 3.04. The summed E-state index contributed by atoms with van der Waals surface area (Å²) < 4.78 is 6.84. The van der Waals surface area contributed by atoms with E-state index >= 15 is 0 Å². The number of amides is 2. The van der Waals surface area contributed by atoms with Crippen molar-refractivity contribution in [3.8, 4) is 0 Å². The Bertz CT molecular complexity index is 857. The molecule has 0 saturated heterocycles. The summed E-state index contributed by atoms with van der Waals surface area (Å²) in [5.74, 6) is -0.254. The Labute approximate surface area is 159 Å². The number of hydrogen-bond acceptors (Lipinski definition) is 4. The summed E-state index contributed by atoms with van der Waals surface area (Å²) in [4.78, 5) is 29.8. The van der Waals surface area contributed by atoms with Gasteiger partial charge in [-0.05, 0) is 44.7 Å². The van der Waals surface area contributed by atoms with Crippen molar-refractivity contribution in [2.24, 2.45) is 0 Å². The van der Waals surface area contributed by atoms with Gasteiger partial charge in [0, 0.05) is 25.9 Å². The maximum atomic E-state index is 12.9. The van der Waals surface area contributed by atoms with Crippen molar-refractivity contribution in [2.45, 2.75) is 39.7 Å². The third-order valence-corrected chi connectivity index (χ3v) is 4.76. The Balaban J connectivity index is 1.86. The number of anilines is 1. The normalized spacial score (nSPS) is 13.1. The zero-order chi connectivity index (χ0) is 19.4. The first-order valence-electron chi connectivity index (χ1n) is 9.26. The summed E-state index contributed by atoms with van der Waals surface area (Å²) in [5, 5.41) is 5.73. The van der Waals surface area contributed by atoms with E-state index in [2.05, 4.69) is 15.6 Å². The van der Waals surface area contributed by atoms with Gasteiger partial charge in [0.05, 0.1) is 12.3 Å². The molecule has 1 aromatic heterocycles. The molecule has 2 amide bonds. The second-order valence-corrected chi connectivity index (χ2v) is 6.86. The Morgan fingerprint density at radius 3 is 2.78 bits per heavy atom. The van der Waals surface area contributed by atoms with E-state index < -0.39 is 0 Å². The number of aromatic nitrogens is 2. The van der Waals surface area contributed by atoms with Gasteiger partial charge in [-0.15, -0.1) is 0 Å². The summed E-state index contributed by atoms with van der Waals surface area (Å²) in [5.41, 5.74) is 4.06. The number of hydrogen-bond donors (Lipinski definition) is 2. The van der Waals surface area contributed by atoms with E-state index in [1.165, 1.54) is 0 Å². The van der Waals surface area contributed by atoms with Gasteiger partial charge in [0.1, 0.15) is 0 Å². The summed E-state index contributed by atoms with van der Waals surface area (Å²) in [6.45, 7) is 5.51. The van der Waals surface area contributed by atoms with Gasteiger partial charge in [-0.2, -0.15) is 0 Å². The van der Waals surface area contributed by atoms with Crippen molar-refractivity contribution in [3.05, 3.63) is 46.5 Å². The molecule has 0 spiro atoms. The molecule has 2 N–H and O–H groups in total. The van der Waals surface area contributed by atoms with Crippen molar-refractivity contribution >= 4 is 17.5 Å². The molecule has 7 heteroatoms. The molecule has 0 saturated carbocycles. The topological polar surface area (TPSA) is 85.2 Å². The highest BCUT2D eigenvalue weighted by molar-refractivity contribution is 6.05. The third kappa shape index (κ3) is 4.19. The molecule has 144 valence electrons. The Morgan fingerprint density at radius 1 is 1.22 bits per heavy atom. The second kappa shape index (κ2) is 8.35. The number of carbonyl (C=O) groups excluding carboxylic acids is 2. The fraction of sp³-hybridized carbons (Fsp3) is 0.450. The molecule has 3 rings (SSSR count). The number of benzene rings is 1. The van der Waals surface area contributed by atoms with Gasteiger partial charge in [-0.3, -0.25) is 9.59 Å². The highest BCUT2D eigenvalue weighted by Crippen LogP contribution is 2.23. The maximum Gasteiger partial charge on any atom is 0.287 e. The summed E-state index contributed by atoms with van der Waals surface area (Å²) in [6.07, 6.45) is 2.70. The number of nitrogens with one attached hydrogen (secondary N) is 2. The van der Waals surface area contributed by atoms with Crippen molar-refractivity contribution in [1.29, 1.82) is 0 Å². The van der Waals surface area contributed by atoms with E-state index in [1.54, 1.807) is 7.11 Å². The van der Waals surface area contributed by atoms with Crippen LogP contribution in [0.4, 0.5) is 5.69 Å². The minimum absolute atomic E-state index is 0.274. The summed E-state index contributed by atoms with van der Waals surface area (Å²) in [6, 6.07) is 5.87. The van der Waals surface area contributed by atoms with Crippen LogP contribution >= 0.6 is 0 Å². The Hall–Kier alpha value is -2.67. The number of nitrogens with zero attached hydrogens (tertiary/aromatic N) is 2. The van der Waals surface area contributed by atoms with Crippen LogP contribution in [0, 0.1) is 13.8 Å². The van der Waals surface area contributed by atoms with E-state index in [4.69, 9.17) is 4.74 Å². The van der Waals surface area contributed by atoms with Gasteiger partial charge in [0.25, 0.3) is 11.8 Å². The van der Waals surface area contributed by atoms with Gasteiger partial charge < -0.3 is 19.9 Å². The van der Waals surface area contributed by atoms with Crippen LogP contribution < -0.4 is 10.6 Å². The molecule has 2 aromatic rings. The van der Waals surface area contributed by atoms with Crippen LogP contribution in [0.3, 0.4) is 0 Å². The smallest absolute Gasteiger partial charge is 0.287 e. The Morgan fingerprint density at radius 2 is 2.04 bits per heavy atom. The molecule has 1 aliphatic heterocycles. The molecular weight excluding hydrogens is 344 g/mol. The molecule has 1 aromatic carbocycles. The van der Waals surface area contributed by atoms with E-state index in [-0.39, 0.29) is 11.8 Å². The number of carbonyl (C=O) groups is 2. The van der Waals surface area contributed by atoms with Gasteiger partial charge in [0.15, 0.2) is 11.5 Å². The molecule has 7 nitrogen and oxygen atoms in total. The van der Waals surface area contributed by atoms with Gasteiger partial charge in [-0.25, -0.2) is 4.98 Å². The van der Waals surface area contributed by atoms with Gasteiger partial charge in [-0.1, -0.05) is 17.7 Å². The number of aryl methyl sites for hydroxylation is 2. The zero-order valence-corrected chi connectivity index (χ0v) is 16.1. The van der Waals surface area contributed by atoms with Crippen LogP contribution in [0.1, 0.15) is 50.8 Å². The lowest BCUT2D eigenvalue weighted by Gasteiger charge is -2.17. The van der Waals surface area contributed by atoms with Crippen LogP contribution in [0.2, 0.25) is 0 Å². The fourth-order valence-electron chi connectivity index (χ4n) is 3.38. The molecule has 0 fully saturated rings. The van der Waals surface area contributed by atoms with Gasteiger partial charge in [0.2, 0.25) is 0 Å². The first-order valence-corrected chi connectivity index (χ1v) is 9.26. The fourth-order valence-corrected chi connectivity index (χ4v) is 3.38. The molecule has 0 unspecified atom stereocenters. The first kappa shape index (κ1) is 19.1. The van der Waals surface area contributed by atoms with Crippen molar-refractivity contribution in [2.75, 3.05) is 25.6 Å². The van der Waals surface area contributed by atoms with Crippen molar-refractivity contribution < 1.29 is 14.3 Å². The van der Waals surface area contributed by atoms with Crippen LogP contribution in [0.5, 0.6) is 0 Å². The van der Waals surface area contributed by atoms with Crippen LogP contribution in [0.25, 0.3) is 0 Å². The summed E-state index contributed by atoms with van der Waals surface area (Å²) in [7, 11) is 1.58. The minimum atomic E-state index is -0.277. The largest absolute Gasteiger partial charge is 0.383 e. The lowest BCUT2D eigenvalue weighted by molar-refractivity contribution is 0.0921. The molecule has 27 heavy (non-hydrogen) atoms. The van der Waals surface area contributed by atoms with E-state index in [1.807, 2.05) is 36.6 Å². The second-order valence-electron chi connectivity index (χ2n) is 6.86. The summed E-state index contributed by atoms with van der Waals surface area (Å²) >= 11 is 0. The lowest BCUT2D eigenvalue weighted by Crippen LogP contribution is -2.30. The molecular formula is C20H26N4O3. The Kier molecular flexibility index (Phi) is 5.91. The number of imidazole rings is 1. The lowest BCUT2D eigenvalue weighted by atomic mass is 10.1. The van der Waals surface area contributed by atoms with Crippen LogP contribution in [-0.4, -0.2) is 41.6 Å². The van der Waals surface area contributed by atoms with Crippen LogP contribution in [-0.2, 0) is 17.7 Å². The number of methoxy groups -OCH3 is 1. The average molecular weight is 370 g/mol. The quantitative estimate of drug-likeness (QED) is 0.765. The van der Waals surface area contributed by atoms with Crippen LogP contribution in [0.15, 0.2) is 18.2 Å². The monoisotopic (exact) mass is 370 g/mol. The highest BCUT2D eigenvalue weighted by Gasteiger charge is 2.27. The molecule has 0 aliphatic carbocycles. The molecule has 0 atom stereocenters. The predicted octanol–water partition coefficient (Wildman–Crippen LogP) is 2.46. The maximum absolute atomic E-state index is 12.9. The number of ether oxygens (including phenoxy) is 1. The minimum Gasteiger partial charge on any atom is -0.383 e. The molecule has 2 heterocycles. The third-order valence-electron chi connectivity index (χ3n) is 4.76. The van der Waals surface area contributed by atoms with E-state index in [0.29, 0.717) is 31.2 Å². The first-order chi connectivity index (χ1) is 13.0. The zero-order valence-electron chi connectivity index (χ0n) is 16.1. The van der Waals surface area contributed by atoms with E-state index in [9.17, 15) is 9.59 Å². The standard InChI is InChI=1S/C20H26N4O3/c1-13-7-8-15(14(2)12-13)22-19(25)17-16-6-4-5-10-24(16)18(23-17)20(26)21-9-11-27-3/h7-8,12H,4-6,9-11H2,1-3H3,(H,21,26)(H,22,25). The van der Waals surface area contributed by atoms with Crippen molar-refractivity contribution in [1.82, 2.24) is 14.9 Å². The molecule has 0 radical (unpaired) electrons. The van der Waals surface area contributed by atoms with E-state index in [0.717, 1.165) is 41.8 Å². The number of rotatable bonds is 6. The highest BCUT2D eigenvalue weighted by atomic mass is 16.5. The SMILES string of the molecule is COCCNC(=O)c1nc(C(=O)Nc2ccc(C)cc2C)c2n1CCCC2. The predicted molar refractivity (Wildman–Crippen MR) is 103 cm³/mol. The molecule has 1 aliphatic rings. The number of fused-ring (bicyclic) bond motifs is 1.